The predicted molar refractivity (Wildman–Crippen MR) is 307 cm³/mol. The topological polar surface area (TPSA) is 148 Å². The molecule has 0 unspecified atom stereocenters. The van der Waals surface area contributed by atoms with Gasteiger partial charge in [0.2, 0.25) is 5.91 Å². The van der Waals surface area contributed by atoms with E-state index < -0.39 is 17.9 Å². The number of rotatable bonds is 18. The zero-order valence-electron chi connectivity index (χ0n) is 42.3. The van der Waals surface area contributed by atoms with Crippen molar-refractivity contribution >= 4 is 23.0 Å². The number of esters is 1. The van der Waals surface area contributed by atoms with Crippen LogP contribution in [0.25, 0.3) is 44.8 Å². The van der Waals surface area contributed by atoms with Gasteiger partial charge in [-0.05, 0) is 91.6 Å². The molecule has 0 radical (unpaired) electrons. The molecule has 10 nitrogen and oxygen atoms in total. The van der Waals surface area contributed by atoms with Crippen molar-refractivity contribution in [3.05, 3.63) is 263 Å². The molecule has 0 spiro atoms. The molecule has 3 aliphatic carbocycles. The first-order valence-corrected chi connectivity index (χ1v) is 26.2. The number of imidazole rings is 2. The molecule has 7 aromatic carbocycles. The summed E-state index contributed by atoms with van der Waals surface area (Å²) in [7, 11) is 0. The highest BCUT2D eigenvalue weighted by Crippen LogP contribution is 2.45. The summed E-state index contributed by atoms with van der Waals surface area (Å²) in [6.07, 6.45) is 11.2. The average molecular weight is 1020 g/mol. The first-order valence-electron chi connectivity index (χ1n) is 26.2. The van der Waals surface area contributed by atoms with Crippen LogP contribution in [0.2, 0.25) is 0 Å². The van der Waals surface area contributed by atoms with E-state index in [9.17, 15) is 9.59 Å². The standard InChI is InChI=1S/C46H41N3O4.C20H19N3.CH4/c50-44(53-30-41-39-21-11-9-19-37(39)38-20-10-12-22-40(38)41)26-35(29-52-28-31-13-3-1-4-14-31)46(51)49-42(25-34-24-23-32-15-7-8-18-36(32)34)45-47-27-43(48-45)33-16-5-2-6-17-33;21-18(12-16-11-10-14-6-4-5-9-17(14)16)20-22-13-19(23-20)15-7-2-1-3-8-15;/h1-22,24,27,35,41-42H,23,25-26,28-30H2,(H,47,48)(H,49,51);1-9,11,13,18H,10,12,21H2,(H,22,23);1H4/t35-,42-;18-;/m11./s1. The van der Waals surface area contributed by atoms with Gasteiger partial charge in [-0.1, -0.05) is 208 Å². The molecular weight excluding hydrogens is 953 g/mol. The summed E-state index contributed by atoms with van der Waals surface area (Å²) in [4.78, 5) is 44.0. The normalized spacial score (nSPS) is 14.0. The maximum atomic E-state index is 14.3. The van der Waals surface area contributed by atoms with Gasteiger partial charge in [0.25, 0.3) is 0 Å². The number of carbonyl (C=O) groups excluding carboxylic acids is 2. The maximum Gasteiger partial charge on any atom is 0.306 e. The van der Waals surface area contributed by atoms with E-state index in [1.54, 1.807) is 6.20 Å². The Morgan fingerprint density at radius 2 is 1.06 bits per heavy atom. The van der Waals surface area contributed by atoms with Crippen LogP contribution in [0.3, 0.4) is 0 Å². The fourth-order valence-electron chi connectivity index (χ4n) is 10.7. The van der Waals surface area contributed by atoms with Gasteiger partial charge in [0.15, 0.2) is 0 Å². The Balaban J connectivity index is 0.000000233. The van der Waals surface area contributed by atoms with Gasteiger partial charge in [0, 0.05) is 12.3 Å². The number of aromatic amines is 2. The van der Waals surface area contributed by atoms with Crippen LogP contribution in [-0.4, -0.2) is 45.0 Å². The van der Waals surface area contributed by atoms with Gasteiger partial charge >= 0.3 is 5.97 Å². The molecule has 3 atom stereocenters. The molecule has 5 N–H and O–H groups in total. The Bertz CT molecular complexity index is 3460. The van der Waals surface area contributed by atoms with Gasteiger partial charge in [0.05, 0.1) is 61.4 Å². The number of nitrogens with zero attached hydrogens (tertiary/aromatic N) is 2. The molecule has 2 aromatic heterocycles. The lowest BCUT2D eigenvalue weighted by Gasteiger charge is -2.23. The Morgan fingerprint density at radius 3 is 1.65 bits per heavy atom. The summed E-state index contributed by atoms with van der Waals surface area (Å²) in [6, 6.07) is 62.8. The number of nitrogens with two attached hydrogens (primary N) is 1. The number of amides is 1. The van der Waals surface area contributed by atoms with Gasteiger partial charge < -0.3 is 30.5 Å². The third-order valence-corrected chi connectivity index (χ3v) is 14.7. The molecule has 1 amide bonds. The van der Waals surface area contributed by atoms with Gasteiger partial charge in [-0.25, -0.2) is 9.97 Å². The lowest BCUT2D eigenvalue weighted by molar-refractivity contribution is -0.148. The lowest BCUT2D eigenvalue weighted by Crippen LogP contribution is -2.38. The first-order chi connectivity index (χ1) is 37.4. The van der Waals surface area contributed by atoms with Crippen molar-refractivity contribution in [1.29, 1.82) is 0 Å². The smallest absolute Gasteiger partial charge is 0.306 e. The highest BCUT2D eigenvalue weighted by Gasteiger charge is 2.32. The summed E-state index contributed by atoms with van der Waals surface area (Å²) in [5.41, 5.74) is 23.6. The summed E-state index contributed by atoms with van der Waals surface area (Å²) < 4.78 is 12.1. The number of hydrogen-bond acceptors (Lipinski definition) is 7. The SMILES string of the molecule is C.N[C@H](CC1=CCc2ccccc21)c1ncc(-c2ccccc2)[nH]1.O=C(C[C@H](COCc1ccccc1)C(=O)N[C@H](CC1=CCc2ccccc21)c1ncc(-c2ccccc2)[nH]1)OCC1c2ccccc2-c2ccccc21. The fourth-order valence-corrected chi connectivity index (χ4v) is 10.7. The van der Waals surface area contributed by atoms with Crippen molar-refractivity contribution in [2.75, 3.05) is 13.2 Å². The third kappa shape index (κ3) is 12.1. The summed E-state index contributed by atoms with van der Waals surface area (Å²) >= 11 is 0. The van der Waals surface area contributed by atoms with Crippen LogP contribution in [0.4, 0.5) is 0 Å². The van der Waals surface area contributed by atoms with Crippen molar-refractivity contribution in [1.82, 2.24) is 25.3 Å². The second kappa shape index (κ2) is 24.3. The number of aromatic nitrogens is 4. The molecule has 386 valence electrons. The van der Waals surface area contributed by atoms with Gasteiger partial charge in [-0.15, -0.1) is 0 Å². The van der Waals surface area contributed by atoms with E-state index in [4.69, 9.17) is 20.2 Å². The molecule has 0 saturated heterocycles. The summed E-state index contributed by atoms with van der Waals surface area (Å²) in [6.45, 7) is 0.564. The maximum absolute atomic E-state index is 14.3. The largest absolute Gasteiger partial charge is 0.465 e. The Morgan fingerprint density at radius 1 is 0.584 bits per heavy atom. The third-order valence-electron chi connectivity index (χ3n) is 14.7. The van der Waals surface area contributed by atoms with Crippen LogP contribution in [0.5, 0.6) is 0 Å². The van der Waals surface area contributed by atoms with Crippen LogP contribution < -0.4 is 11.1 Å². The van der Waals surface area contributed by atoms with Crippen molar-refractivity contribution in [2.24, 2.45) is 11.7 Å². The molecule has 3 aliphatic rings. The highest BCUT2D eigenvalue weighted by atomic mass is 16.5. The molecule has 0 fully saturated rings. The number of nitrogens with one attached hydrogen (secondary N) is 3. The number of H-pyrrole nitrogens is 2. The monoisotopic (exact) mass is 1020 g/mol. The minimum Gasteiger partial charge on any atom is -0.465 e. The number of carbonyl (C=O) groups is 2. The van der Waals surface area contributed by atoms with E-state index in [2.05, 4.69) is 111 Å². The molecular formula is C67H64N6O4. The zero-order chi connectivity index (χ0) is 51.6. The second-order valence-electron chi connectivity index (χ2n) is 19.7. The first kappa shape index (κ1) is 51.8. The van der Waals surface area contributed by atoms with E-state index >= 15 is 0 Å². The molecule has 77 heavy (non-hydrogen) atoms. The van der Waals surface area contributed by atoms with E-state index in [0.717, 1.165) is 81.0 Å². The second-order valence-corrected chi connectivity index (χ2v) is 19.7. The molecule has 2 heterocycles. The van der Waals surface area contributed by atoms with Crippen molar-refractivity contribution in [3.8, 4) is 33.6 Å². The lowest BCUT2D eigenvalue weighted by atomic mass is 9.97. The molecule has 12 rings (SSSR count). The summed E-state index contributed by atoms with van der Waals surface area (Å²) in [5.74, 6) is -0.102. The van der Waals surface area contributed by atoms with E-state index in [1.165, 1.54) is 27.8 Å². The number of fused-ring (bicyclic) bond motifs is 5. The molecule has 9 aromatic rings. The van der Waals surface area contributed by atoms with Crippen LogP contribution in [-0.2, 0) is 38.5 Å². The predicted octanol–water partition coefficient (Wildman–Crippen LogP) is 13.6. The van der Waals surface area contributed by atoms with Gasteiger partial charge in [0.1, 0.15) is 18.3 Å². The van der Waals surface area contributed by atoms with E-state index in [0.29, 0.717) is 18.9 Å². The van der Waals surface area contributed by atoms with Crippen LogP contribution in [0.1, 0.15) is 95.3 Å². The number of benzene rings is 7. The number of allylic oxidation sites excluding steroid dienone is 2. The van der Waals surface area contributed by atoms with Crippen LogP contribution in [0.15, 0.2) is 213 Å². The Hall–Kier alpha value is -8.70. The highest BCUT2D eigenvalue weighted by molar-refractivity contribution is 5.85. The van der Waals surface area contributed by atoms with Gasteiger partial charge in [-0.3, -0.25) is 9.59 Å². The van der Waals surface area contributed by atoms with Crippen LogP contribution >= 0.6 is 0 Å². The van der Waals surface area contributed by atoms with Gasteiger partial charge in [-0.2, -0.15) is 0 Å². The zero-order valence-corrected chi connectivity index (χ0v) is 42.3. The molecule has 0 aliphatic heterocycles. The Labute approximate surface area is 451 Å². The van der Waals surface area contributed by atoms with E-state index in [-0.39, 0.29) is 44.9 Å². The van der Waals surface area contributed by atoms with Crippen molar-refractivity contribution in [2.45, 2.75) is 64.1 Å². The molecule has 10 heteroatoms. The number of ether oxygens (including phenoxy) is 2. The minimum absolute atomic E-state index is 0. The average Bonchev–Trinajstić information content (AvgIpc) is 4.35. The molecule has 0 bridgehead atoms. The fraction of sp³-hybridized carbons (Fsp3) is 0.194. The van der Waals surface area contributed by atoms with Crippen LogP contribution in [0, 0.1) is 5.92 Å². The quantitative estimate of drug-likeness (QED) is 0.0626. The van der Waals surface area contributed by atoms with E-state index in [1.807, 2.05) is 115 Å². The summed E-state index contributed by atoms with van der Waals surface area (Å²) in [5, 5.41) is 3.27. The minimum atomic E-state index is -0.787. The van der Waals surface area contributed by atoms with Crippen molar-refractivity contribution < 1.29 is 19.1 Å². The van der Waals surface area contributed by atoms with Crippen molar-refractivity contribution in [3.63, 3.8) is 0 Å². The number of hydrogen-bond donors (Lipinski definition) is 4. The Kier molecular flexibility index (Phi) is 16.3. The molecule has 0 saturated carbocycles.